The molecule has 0 unspecified atom stereocenters. The van der Waals surface area contributed by atoms with Crippen LogP contribution in [0.5, 0.6) is 0 Å². The van der Waals surface area contributed by atoms with Gasteiger partial charge in [-0.1, -0.05) is 42.5 Å². The molecule has 2 amide bonds. The highest BCUT2D eigenvalue weighted by atomic mass is 19.1. The Morgan fingerprint density at radius 3 is 2.32 bits per heavy atom. The number of carbonyl (C=O) groups excluding carboxylic acids is 2. The zero-order valence-electron chi connectivity index (χ0n) is 19.9. The SMILES string of the molecule is C=CCN(CC(=O)N(Cc1ccc(F)cc1)Cc1coc2ccccc2c1=O)C(=O)c1ccccc1F. The molecule has 6 nitrogen and oxygen atoms in total. The molecule has 0 aliphatic heterocycles. The third kappa shape index (κ3) is 5.98. The van der Waals surface area contributed by atoms with Gasteiger partial charge in [0.05, 0.1) is 29.3 Å². The van der Waals surface area contributed by atoms with E-state index in [9.17, 15) is 23.2 Å². The number of fused-ring (bicyclic) bond motifs is 1. The molecule has 8 heteroatoms. The largest absolute Gasteiger partial charge is 0.464 e. The van der Waals surface area contributed by atoms with Crippen LogP contribution in [-0.2, 0) is 17.9 Å². The molecule has 3 aromatic carbocycles. The molecule has 188 valence electrons. The fourth-order valence-electron chi connectivity index (χ4n) is 3.92. The number of amides is 2. The van der Waals surface area contributed by atoms with Crippen molar-refractivity contribution in [2.75, 3.05) is 13.1 Å². The van der Waals surface area contributed by atoms with Crippen LogP contribution in [0, 0.1) is 11.6 Å². The van der Waals surface area contributed by atoms with Crippen LogP contribution in [0.4, 0.5) is 8.78 Å². The molecule has 0 saturated carbocycles. The van der Waals surface area contributed by atoms with Gasteiger partial charge in [0.1, 0.15) is 23.8 Å². The summed E-state index contributed by atoms with van der Waals surface area (Å²) in [5.41, 5.74) is 0.822. The van der Waals surface area contributed by atoms with E-state index in [1.807, 2.05) is 0 Å². The van der Waals surface area contributed by atoms with Gasteiger partial charge in [-0.25, -0.2) is 8.78 Å². The second-order valence-electron chi connectivity index (χ2n) is 8.42. The van der Waals surface area contributed by atoms with Crippen LogP contribution in [0.2, 0.25) is 0 Å². The van der Waals surface area contributed by atoms with E-state index in [1.54, 1.807) is 24.3 Å². The van der Waals surface area contributed by atoms with Crippen LogP contribution in [-0.4, -0.2) is 34.7 Å². The summed E-state index contributed by atoms with van der Waals surface area (Å²) in [5.74, 6) is -2.29. The van der Waals surface area contributed by atoms with Crippen molar-refractivity contribution in [1.29, 1.82) is 0 Å². The van der Waals surface area contributed by atoms with E-state index in [0.717, 1.165) is 0 Å². The Hall–Kier alpha value is -4.59. The van der Waals surface area contributed by atoms with E-state index in [2.05, 4.69) is 6.58 Å². The zero-order valence-corrected chi connectivity index (χ0v) is 19.9. The maximum absolute atomic E-state index is 14.3. The summed E-state index contributed by atoms with van der Waals surface area (Å²) in [4.78, 5) is 42.1. The molecular formula is C29H24F2N2O4. The minimum absolute atomic E-state index is 0.00140. The van der Waals surface area contributed by atoms with Gasteiger partial charge in [-0.05, 0) is 42.0 Å². The Morgan fingerprint density at radius 1 is 0.892 bits per heavy atom. The normalized spacial score (nSPS) is 10.8. The topological polar surface area (TPSA) is 70.8 Å². The summed E-state index contributed by atoms with van der Waals surface area (Å²) >= 11 is 0. The average Bonchev–Trinajstić information content (AvgIpc) is 2.90. The van der Waals surface area contributed by atoms with Crippen LogP contribution in [0.25, 0.3) is 11.0 Å². The first-order chi connectivity index (χ1) is 17.9. The summed E-state index contributed by atoms with van der Waals surface area (Å²) in [7, 11) is 0. The highest BCUT2D eigenvalue weighted by molar-refractivity contribution is 5.96. The Balaban J connectivity index is 1.64. The molecule has 0 atom stereocenters. The average molecular weight is 503 g/mol. The van der Waals surface area contributed by atoms with Crippen molar-refractivity contribution in [1.82, 2.24) is 9.80 Å². The van der Waals surface area contributed by atoms with Gasteiger partial charge in [0.15, 0.2) is 5.43 Å². The molecule has 37 heavy (non-hydrogen) atoms. The smallest absolute Gasteiger partial charge is 0.257 e. The van der Waals surface area contributed by atoms with Crippen molar-refractivity contribution in [2.45, 2.75) is 13.1 Å². The van der Waals surface area contributed by atoms with Gasteiger partial charge in [-0.3, -0.25) is 14.4 Å². The number of para-hydroxylation sites is 1. The molecule has 1 heterocycles. The van der Waals surface area contributed by atoms with Crippen LogP contribution in [0.3, 0.4) is 0 Å². The number of hydrogen-bond donors (Lipinski definition) is 0. The van der Waals surface area contributed by atoms with Crippen molar-refractivity contribution < 1.29 is 22.8 Å². The van der Waals surface area contributed by atoms with Crippen LogP contribution >= 0.6 is 0 Å². The predicted molar refractivity (Wildman–Crippen MR) is 136 cm³/mol. The monoisotopic (exact) mass is 502 g/mol. The minimum atomic E-state index is -0.703. The van der Waals surface area contributed by atoms with Crippen molar-refractivity contribution in [3.05, 3.63) is 130 Å². The van der Waals surface area contributed by atoms with Crippen LogP contribution < -0.4 is 5.43 Å². The molecule has 4 aromatic rings. The molecule has 0 aliphatic rings. The number of hydrogen-bond acceptors (Lipinski definition) is 4. The molecule has 0 radical (unpaired) electrons. The fraction of sp³-hybridized carbons (Fsp3) is 0.138. The number of nitrogens with zero attached hydrogens (tertiary/aromatic N) is 2. The summed E-state index contributed by atoms with van der Waals surface area (Å²) in [5, 5.41) is 0.372. The van der Waals surface area contributed by atoms with E-state index >= 15 is 0 Å². The van der Waals surface area contributed by atoms with Gasteiger partial charge in [0, 0.05) is 13.1 Å². The Bertz CT molecular complexity index is 1500. The predicted octanol–water partition coefficient (Wildman–Crippen LogP) is 4.93. The molecule has 0 N–H and O–H groups in total. The van der Waals surface area contributed by atoms with Crippen molar-refractivity contribution in [2.24, 2.45) is 0 Å². The van der Waals surface area contributed by atoms with Gasteiger partial charge < -0.3 is 14.2 Å². The van der Waals surface area contributed by atoms with Gasteiger partial charge in [-0.15, -0.1) is 6.58 Å². The number of benzene rings is 3. The van der Waals surface area contributed by atoms with Gasteiger partial charge in [0.2, 0.25) is 5.91 Å². The number of carbonyl (C=O) groups is 2. The first-order valence-electron chi connectivity index (χ1n) is 11.5. The summed E-state index contributed by atoms with van der Waals surface area (Å²) < 4.78 is 33.3. The van der Waals surface area contributed by atoms with Crippen molar-refractivity contribution in [3.8, 4) is 0 Å². The fourth-order valence-corrected chi connectivity index (χ4v) is 3.92. The third-order valence-electron chi connectivity index (χ3n) is 5.82. The lowest BCUT2D eigenvalue weighted by atomic mass is 10.1. The maximum atomic E-state index is 14.3. The van der Waals surface area contributed by atoms with Crippen molar-refractivity contribution >= 4 is 22.8 Å². The molecule has 0 fully saturated rings. The second kappa shape index (κ2) is 11.4. The minimum Gasteiger partial charge on any atom is -0.464 e. The maximum Gasteiger partial charge on any atom is 0.257 e. The Labute approximate surface area is 212 Å². The van der Waals surface area contributed by atoms with Crippen LogP contribution in [0.15, 0.2) is 101 Å². The van der Waals surface area contributed by atoms with E-state index in [4.69, 9.17) is 4.42 Å². The molecule has 0 saturated heterocycles. The van der Waals surface area contributed by atoms with E-state index < -0.39 is 23.4 Å². The van der Waals surface area contributed by atoms with Crippen LogP contribution in [0.1, 0.15) is 21.5 Å². The lowest BCUT2D eigenvalue weighted by Gasteiger charge is -2.27. The zero-order chi connectivity index (χ0) is 26.4. The third-order valence-corrected chi connectivity index (χ3v) is 5.82. The van der Waals surface area contributed by atoms with E-state index in [-0.39, 0.29) is 42.7 Å². The molecule has 4 rings (SSSR count). The molecule has 0 spiro atoms. The van der Waals surface area contributed by atoms with Gasteiger partial charge in [0.25, 0.3) is 5.91 Å². The second-order valence-corrected chi connectivity index (χ2v) is 8.42. The van der Waals surface area contributed by atoms with E-state index in [1.165, 1.54) is 70.7 Å². The molecule has 0 aliphatic carbocycles. The summed E-state index contributed by atoms with van der Waals surface area (Å²) in [6.45, 7) is 3.18. The lowest BCUT2D eigenvalue weighted by molar-refractivity contribution is -0.133. The standard InChI is InChI=1S/C29H24F2N2O4/c1-2-15-32(29(36)23-7-3-5-9-25(23)31)18-27(34)33(16-20-11-13-22(30)14-12-20)17-21-19-37-26-10-6-4-8-24(26)28(21)35/h2-14,19H,1,15-18H2. The van der Waals surface area contributed by atoms with Gasteiger partial charge >= 0.3 is 0 Å². The lowest BCUT2D eigenvalue weighted by Crippen LogP contribution is -2.43. The highest BCUT2D eigenvalue weighted by Gasteiger charge is 2.24. The molecular weight excluding hydrogens is 478 g/mol. The Morgan fingerprint density at radius 2 is 1.59 bits per heavy atom. The first kappa shape index (κ1) is 25.5. The first-order valence-corrected chi connectivity index (χ1v) is 11.5. The van der Waals surface area contributed by atoms with Gasteiger partial charge in [-0.2, -0.15) is 0 Å². The highest BCUT2D eigenvalue weighted by Crippen LogP contribution is 2.16. The Kier molecular flexibility index (Phi) is 7.88. The number of rotatable bonds is 9. The molecule has 1 aromatic heterocycles. The van der Waals surface area contributed by atoms with Crippen molar-refractivity contribution in [3.63, 3.8) is 0 Å². The number of halogens is 2. The summed E-state index contributed by atoms with van der Waals surface area (Å²) in [6, 6.07) is 17.9. The van der Waals surface area contributed by atoms with E-state index in [0.29, 0.717) is 16.5 Å². The molecule has 0 bridgehead atoms. The quantitative estimate of drug-likeness (QED) is 0.305. The summed E-state index contributed by atoms with van der Waals surface area (Å²) in [6.07, 6.45) is 2.75.